The van der Waals surface area contributed by atoms with Crippen LogP contribution >= 0.6 is 0 Å². The van der Waals surface area contributed by atoms with Crippen molar-refractivity contribution in [2.24, 2.45) is 0 Å². The topological polar surface area (TPSA) is 100 Å². The van der Waals surface area contributed by atoms with Crippen LogP contribution in [-0.2, 0) is 4.79 Å². The van der Waals surface area contributed by atoms with Crippen molar-refractivity contribution in [1.29, 1.82) is 0 Å². The average molecular weight is 363 g/mol. The molecule has 0 saturated carbocycles. The van der Waals surface area contributed by atoms with Crippen molar-refractivity contribution in [3.63, 3.8) is 0 Å². The zero-order valence-corrected chi connectivity index (χ0v) is 14.5. The summed E-state index contributed by atoms with van der Waals surface area (Å²) in [7, 11) is 0. The summed E-state index contributed by atoms with van der Waals surface area (Å²) < 4.78 is 5.04. The van der Waals surface area contributed by atoms with Gasteiger partial charge in [-0.15, -0.1) is 0 Å². The summed E-state index contributed by atoms with van der Waals surface area (Å²) >= 11 is 0. The summed E-state index contributed by atoms with van der Waals surface area (Å²) in [5.41, 5.74) is 1.96. The lowest BCUT2D eigenvalue weighted by molar-refractivity contribution is -0.114. The number of furan rings is 1. The van der Waals surface area contributed by atoms with Crippen LogP contribution in [0.1, 0.15) is 27.8 Å². The molecule has 3 N–H and O–H groups in total. The Bertz CT molecular complexity index is 980. The maximum Gasteiger partial charge on any atom is 0.291 e. The molecule has 3 rings (SSSR count). The summed E-state index contributed by atoms with van der Waals surface area (Å²) in [6, 6.07) is 16.5. The smallest absolute Gasteiger partial charge is 0.291 e. The fourth-order valence-corrected chi connectivity index (χ4v) is 2.42. The number of anilines is 3. The first-order valence-electron chi connectivity index (χ1n) is 8.15. The molecular formula is C20H17N3O4. The lowest BCUT2D eigenvalue weighted by atomic mass is 10.1. The third-order valence-corrected chi connectivity index (χ3v) is 3.57. The van der Waals surface area contributed by atoms with E-state index in [1.54, 1.807) is 60.7 Å². The molecular weight excluding hydrogens is 346 g/mol. The number of amides is 3. The lowest BCUT2D eigenvalue weighted by Crippen LogP contribution is -2.14. The van der Waals surface area contributed by atoms with E-state index in [4.69, 9.17) is 4.42 Å². The highest BCUT2D eigenvalue weighted by atomic mass is 16.3. The van der Waals surface area contributed by atoms with Gasteiger partial charge in [0.25, 0.3) is 11.8 Å². The van der Waals surface area contributed by atoms with Crippen LogP contribution in [-0.4, -0.2) is 17.7 Å². The largest absolute Gasteiger partial charge is 0.459 e. The summed E-state index contributed by atoms with van der Waals surface area (Å²) in [5.74, 6) is -0.761. The van der Waals surface area contributed by atoms with E-state index >= 15 is 0 Å². The van der Waals surface area contributed by atoms with Crippen LogP contribution in [0.25, 0.3) is 0 Å². The molecule has 0 spiro atoms. The Morgan fingerprint density at radius 2 is 1.37 bits per heavy atom. The third-order valence-electron chi connectivity index (χ3n) is 3.57. The predicted octanol–water partition coefficient (Wildman–Crippen LogP) is 3.74. The Morgan fingerprint density at radius 3 is 2.04 bits per heavy atom. The molecule has 0 atom stereocenters. The summed E-state index contributed by atoms with van der Waals surface area (Å²) in [5, 5.41) is 8.09. The zero-order chi connectivity index (χ0) is 19.2. The molecule has 2 aromatic carbocycles. The third kappa shape index (κ3) is 4.82. The van der Waals surface area contributed by atoms with Gasteiger partial charge in [-0.3, -0.25) is 14.4 Å². The maximum atomic E-state index is 12.5. The number of hydrogen-bond donors (Lipinski definition) is 3. The highest BCUT2D eigenvalue weighted by Gasteiger charge is 2.11. The maximum absolute atomic E-state index is 12.5. The number of nitrogens with one attached hydrogen (secondary N) is 3. The summed E-state index contributed by atoms with van der Waals surface area (Å²) in [4.78, 5) is 35.7. The van der Waals surface area contributed by atoms with E-state index in [1.807, 2.05) is 0 Å². The molecule has 136 valence electrons. The van der Waals surface area contributed by atoms with E-state index in [1.165, 1.54) is 13.2 Å². The second kappa shape index (κ2) is 8.01. The van der Waals surface area contributed by atoms with Crippen LogP contribution in [0.4, 0.5) is 17.1 Å². The molecule has 3 amide bonds. The quantitative estimate of drug-likeness (QED) is 0.643. The Labute approximate surface area is 155 Å². The van der Waals surface area contributed by atoms with E-state index < -0.39 is 5.91 Å². The number of carbonyl (C=O) groups is 3. The van der Waals surface area contributed by atoms with Crippen LogP contribution in [0.15, 0.2) is 71.3 Å². The molecule has 0 bridgehead atoms. The summed E-state index contributed by atoms with van der Waals surface area (Å²) in [6.07, 6.45) is 1.41. The second-order valence-corrected chi connectivity index (χ2v) is 5.73. The van der Waals surface area contributed by atoms with E-state index in [0.717, 1.165) is 0 Å². The summed E-state index contributed by atoms with van der Waals surface area (Å²) in [6.45, 7) is 1.41. The van der Waals surface area contributed by atoms with Crippen molar-refractivity contribution in [3.8, 4) is 0 Å². The van der Waals surface area contributed by atoms with Gasteiger partial charge in [0.2, 0.25) is 5.91 Å². The van der Waals surface area contributed by atoms with Gasteiger partial charge >= 0.3 is 0 Å². The molecule has 27 heavy (non-hydrogen) atoms. The second-order valence-electron chi connectivity index (χ2n) is 5.73. The molecule has 7 heteroatoms. The molecule has 0 aliphatic carbocycles. The van der Waals surface area contributed by atoms with Gasteiger partial charge in [0.05, 0.1) is 6.26 Å². The molecule has 0 aliphatic heterocycles. The Morgan fingerprint density at radius 1 is 0.741 bits per heavy atom. The van der Waals surface area contributed by atoms with Gasteiger partial charge in [-0.05, 0) is 48.5 Å². The normalized spacial score (nSPS) is 10.1. The first-order chi connectivity index (χ1) is 13.0. The number of hydrogen-bond acceptors (Lipinski definition) is 4. The van der Waals surface area contributed by atoms with E-state index in [9.17, 15) is 14.4 Å². The fraction of sp³-hybridized carbons (Fsp3) is 0.0500. The van der Waals surface area contributed by atoms with Crippen molar-refractivity contribution in [3.05, 3.63) is 78.3 Å². The van der Waals surface area contributed by atoms with Gasteiger partial charge in [-0.25, -0.2) is 0 Å². The highest BCUT2D eigenvalue weighted by Crippen LogP contribution is 2.18. The van der Waals surface area contributed by atoms with Crippen LogP contribution in [0.2, 0.25) is 0 Å². The zero-order valence-electron chi connectivity index (χ0n) is 14.5. The Balaban J connectivity index is 1.70. The molecule has 7 nitrogen and oxygen atoms in total. The van der Waals surface area contributed by atoms with Gasteiger partial charge in [0, 0.05) is 29.5 Å². The number of benzene rings is 2. The SMILES string of the molecule is CC(=O)Nc1cccc(NC(=O)c2cccc(NC(=O)c3ccco3)c2)c1. The van der Waals surface area contributed by atoms with Crippen molar-refractivity contribution in [2.75, 3.05) is 16.0 Å². The van der Waals surface area contributed by atoms with Gasteiger partial charge in [0.15, 0.2) is 5.76 Å². The Hall–Kier alpha value is -3.87. The van der Waals surface area contributed by atoms with Crippen LogP contribution in [0, 0.1) is 0 Å². The van der Waals surface area contributed by atoms with Gasteiger partial charge in [0.1, 0.15) is 0 Å². The van der Waals surface area contributed by atoms with Crippen molar-refractivity contribution >= 4 is 34.8 Å². The molecule has 0 radical (unpaired) electrons. The van der Waals surface area contributed by atoms with E-state index in [-0.39, 0.29) is 17.6 Å². The van der Waals surface area contributed by atoms with Crippen molar-refractivity contribution in [2.45, 2.75) is 6.92 Å². The van der Waals surface area contributed by atoms with Crippen LogP contribution in [0.3, 0.4) is 0 Å². The van der Waals surface area contributed by atoms with Crippen molar-refractivity contribution in [1.82, 2.24) is 0 Å². The standard InChI is InChI=1S/C20H17N3O4/c1-13(24)21-16-7-3-8-17(12-16)22-19(25)14-5-2-6-15(11-14)23-20(26)18-9-4-10-27-18/h2-12H,1H3,(H,21,24)(H,22,25)(H,23,26). The molecule has 0 saturated heterocycles. The fourth-order valence-electron chi connectivity index (χ4n) is 2.42. The number of rotatable bonds is 5. The minimum Gasteiger partial charge on any atom is -0.459 e. The minimum absolute atomic E-state index is 0.180. The lowest BCUT2D eigenvalue weighted by Gasteiger charge is -2.09. The molecule has 1 aromatic heterocycles. The minimum atomic E-state index is -0.402. The molecule has 3 aromatic rings. The van der Waals surface area contributed by atoms with Crippen molar-refractivity contribution < 1.29 is 18.8 Å². The van der Waals surface area contributed by atoms with E-state index in [2.05, 4.69) is 16.0 Å². The number of carbonyl (C=O) groups excluding carboxylic acids is 3. The van der Waals surface area contributed by atoms with Crippen LogP contribution in [0.5, 0.6) is 0 Å². The molecule has 0 aliphatic rings. The van der Waals surface area contributed by atoms with E-state index in [0.29, 0.717) is 22.6 Å². The molecule has 0 fully saturated rings. The Kier molecular flexibility index (Phi) is 5.32. The predicted molar refractivity (Wildman–Crippen MR) is 102 cm³/mol. The molecule has 1 heterocycles. The van der Waals surface area contributed by atoms with Gasteiger partial charge < -0.3 is 20.4 Å². The highest BCUT2D eigenvalue weighted by molar-refractivity contribution is 6.07. The first kappa shape index (κ1) is 17.9. The monoisotopic (exact) mass is 363 g/mol. The average Bonchev–Trinajstić information content (AvgIpc) is 3.16. The van der Waals surface area contributed by atoms with Gasteiger partial charge in [-0.2, -0.15) is 0 Å². The van der Waals surface area contributed by atoms with Gasteiger partial charge in [-0.1, -0.05) is 12.1 Å². The molecule has 0 unspecified atom stereocenters. The first-order valence-corrected chi connectivity index (χ1v) is 8.15. The van der Waals surface area contributed by atoms with Crippen LogP contribution < -0.4 is 16.0 Å².